The third kappa shape index (κ3) is 1.06. The van der Waals surface area contributed by atoms with E-state index in [-0.39, 0.29) is 11.8 Å². The predicted octanol–water partition coefficient (Wildman–Crippen LogP) is 4.09. The fourth-order valence-electron chi connectivity index (χ4n) is 5.19. The maximum atomic E-state index is 7.01. The molecule has 2 fully saturated rings. The lowest BCUT2D eigenvalue weighted by atomic mass is 9.75. The Bertz CT molecular complexity index is 513. The van der Waals surface area contributed by atoms with Crippen molar-refractivity contribution in [3.63, 3.8) is 0 Å². The minimum atomic E-state index is -1.23. The summed E-state index contributed by atoms with van der Waals surface area (Å²) in [6.07, 6.45) is 5.48. The minimum absolute atomic E-state index is 0.0894. The van der Waals surface area contributed by atoms with E-state index < -0.39 is 15.5 Å². The smallest absolute Gasteiger partial charge is 0.217 e. The molecule has 0 N–H and O–H groups in total. The van der Waals surface area contributed by atoms with Gasteiger partial charge in [0.2, 0.25) is 5.79 Å². The third-order valence-corrected chi connectivity index (χ3v) is 8.39. The van der Waals surface area contributed by atoms with Crippen LogP contribution in [0.2, 0.25) is 0 Å². The Balaban J connectivity index is 2.02. The van der Waals surface area contributed by atoms with Crippen LogP contribution >= 0.6 is 46.4 Å². The molecule has 2 saturated carbocycles. The van der Waals surface area contributed by atoms with Crippen LogP contribution in [0.1, 0.15) is 6.42 Å². The van der Waals surface area contributed by atoms with Crippen LogP contribution in [0.5, 0.6) is 0 Å². The van der Waals surface area contributed by atoms with Crippen molar-refractivity contribution in [3.8, 4) is 0 Å². The van der Waals surface area contributed by atoms with Gasteiger partial charge >= 0.3 is 0 Å². The minimum Gasteiger partial charge on any atom is -0.350 e. The van der Waals surface area contributed by atoms with Crippen LogP contribution in [0.15, 0.2) is 22.2 Å². The molecular weight excluding hydrogens is 342 g/mol. The van der Waals surface area contributed by atoms with E-state index in [1.807, 2.05) is 0 Å². The van der Waals surface area contributed by atoms with Gasteiger partial charge in [0, 0.05) is 26.1 Å². The zero-order valence-electron chi connectivity index (χ0n) is 11.0. The average molecular weight is 356 g/mol. The van der Waals surface area contributed by atoms with Gasteiger partial charge in [0.05, 0.1) is 10.1 Å². The van der Waals surface area contributed by atoms with Crippen LogP contribution in [0.4, 0.5) is 0 Å². The molecule has 0 aromatic carbocycles. The Kier molecular flexibility index (Phi) is 2.76. The molecule has 4 aliphatic rings. The average Bonchev–Trinajstić information content (AvgIpc) is 3.12. The van der Waals surface area contributed by atoms with Crippen molar-refractivity contribution >= 4 is 46.4 Å². The quantitative estimate of drug-likeness (QED) is 0.321. The molecule has 4 aliphatic carbocycles. The van der Waals surface area contributed by atoms with Crippen LogP contribution in [-0.2, 0) is 9.47 Å². The standard InChI is InChI=1S/C14H14Cl4O2/c1-19-14(20-2)12(17)8-6-3-4-7(5-6)9(8)13(14,18)11(16)10(12)15/h3-4,6-9H,5H2,1-2H3/t6?,7?,8-,9+,12?,13?. The first-order valence-electron chi connectivity index (χ1n) is 6.62. The van der Waals surface area contributed by atoms with Crippen molar-refractivity contribution in [1.29, 1.82) is 0 Å². The van der Waals surface area contributed by atoms with E-state index in [0.717, 1.165) is 6.42 Å². The number of ether oxygens (including phenoxy) is 2. The molecule has 6 heteroatoms. The summed E-state index contributed by atoms with van der Waals surface area (Å²) in [5.41, 5.74) is 0. The molecule has 6 atom stereocenters. The second-order valence-corrected chi connectivity index (χ2v) is 8.02. The molecular formula is C14H14Cl4O2. The largest absolute Gasteiger partial charge is 0.350 e. The third-order valence-electron chi connectivity index (χ3n) is 5.74. The Hall–Kier alpha value is 0.560. The Morgan fingerprint density at radius 1 is 0.950 bits per heavy atom. The first-order valence-corrected chi connectivity index (χ1v) is 8.14. The first-order chi connectivity index (χ1) is 9.40. The van der Waals surface area contributed by atoms with Crippen LogP contribution in [0, 0.1) is 23.7 Å². The summed E-state index contributed by atoms with van der Waals surface area (Å²) in [6.45, 7) is 0. The van der Waals surface area contributed by atoms with Gasteiger partial charge < -0.3 is 9.47 Å². The monoisotopic (exact) mass is 354 g/mol. The zero-order chi connectivity index (χ0) is 14.5. The highest BCUT2D eigenvalue weighted by Gasteiger charge is 2.87. The number of fused-ring (bicyclic) bond motifs is 9. The van der Waals surface area contributed by atoms with Gasteiger partial charge in [-0.25, -0.2) is 0 Å². The summed E-state index contributed by atoms with van der Waals surface area (Å²) in [7, 11) is 3.10. The van der Waals surface area contributed by atoms with Gasteiger partial charge in [-0.2, -0.15) is 0 Å². The SMILES string of the molecule is COC1(OC)C2(Cl)C(Cl)=C(Cl)C1(Cl)[C@H]1C3C=CC(C3)[C@H]12. The molecule has 0 saturated heterocycles. The maximum Gasteiger partial charge on any atom is 0.217 e. The Morgan fingerprint density at radius 2 is 1.35 bits per heavy atom. The Labute approximate surface area is 138 Å². The second-order valence-electron chi connectivity index (χ2n) is 6.08. The van der Waals surface area contributed by atoms with Crippen molar-refractivity contribution in [1.82, 2.24) is 0 Å². The molecule has 0 aromatic rings. The topological polar surface area (TPSA) is 18.5 Å². The highest BCUT2D eigenvalue weighted by molar-refractivity contribution is 6.52. The van der Waals surface area contributed by atoms with Crippen molar-refractivity contribution in [2.24, 2.45) is 23.7 Å². The fraction of sp³-hybridized carbons (Fsp3) is 0.714. The van der Waals surface area contributed by atoms with Crippen LogP contribution in [0.25, 0.3) is 0 Å². The highest BCUT2D eigenvalue weighted by Crippen LogP contribution is 2.79. The number of hydrogen-bond acceptors (Lipinski definition) is 2. The molecule has 4 unspecified atom stereocenters. The van der Waals surface area contributed by atoms with E-state index in [4.69, 9.17) is 55.9 Å². The van der Waals surface area contributed by atoms with Crippen molar-refractivity contribution in [3.05, 3.63) is 22.2 Å². The van der Waals surface area contributed by atoms with Crippen LogP contribution < -0.4 is 0 Å². The molecule has 110 valence electrons. The molecule has 0 radical (unpaired) electrons. The number of allylic oxidation sites excluding steroid dienone is 2. The molecule has 0 heterocycles. The molecule has 2 nitrogen and oxygen atoms in total. The van der Waals surface area contributed by atoms with E-state index in [9.17, 15) is 0 Å². The molecule has 0 aliphatic heterocycles. The van der Waals surface area contributed by atoms with Gasteiger partial charge in [0.15, 0.2) is 0 Å². The van der Waals surface area contributed by atoms with Crippen LogP contribution in [0.3, 0.4) is 0 Å². The summed E-state index contributed by atoms with van der Waals surface area (Å²) in [5.74, 6) is -0.342. The number of methoxy groups -OCH3 is 2. The number of halogens is 4. The molecule has 0 spiro atoms. The van der Waals surface area contributed by atoms with E-state index in [2.05, 4.69) is 12.2 Å². The zero-order valence-corrected chi connectivity index (χ0v) is 14.0. The Morgan fingerprint density at radius 3 is 1.70 bits per heavy atom. The fourth-order valence-corrected chi connectivity index (χ4v) is 7.52. The van der Waals surface area contributed by atoms with Gasteiger partial charge in [0.1, 0.15) is 9.75 Å². The van der Waals surface area contributed by atoms with Gasteiger partial charge in [-0.1, -0.05) is 35.4 Å². The summed E-state index contributed by atoms with van der Waals surface area (Å²) in [6, 6.07) is 0. The maximum absolute atomic E-state index is 7.01. The summed E-state index contributed by atoms with van der Waals surface area (Å²) >= 11 is 27.0. The number of rotatable bonds is 2. The highest BCUT2D eigenvalue weighted by atomic mass is 35.5. The molecule has 4 rings (SSSR count). The lowest BCUT2D eigenvalue weighted by molar-refractivity contribution is -0.222. The van der Waals surface area contributed by atoms with Crippen molar-refractivity contribution < 1.29 is 9.47 Å². The van der Waals surface area contributed by atoms with E-state index in [1.54, 1.807) is 14.2 Å². The molecule has 4 bridgehead atoms. The summed E-state index contributed by atoms with van der Waals surface area (Å²) in [4.78, 5) is -2.04. The predicted molar refractivity (Wildman–Crippen MR) is 80.4 cm³/mol. The molecule has 0 aromatic heterocycles. The van der Waals surface area contributed by atoms with Gasteiger partial charge in [-0.15, -0.1) is 23.2 Å². The first kappa shape index (κ1) is 14.2. The normalized spacial score (nSPS) is 54.1. The lowest BCUT2D eigenvalue weighted by Gasteiger charge is -2.42. The summed E-state index contributed by atoms with van der Waals surface area (Å²) < 4.78 is 11.4. The van der Waals surface area contributed by atoms with Crippen molar-refractivity contribution in [2.75, 3.05) is 14.2 Å². The second kappa shape index (κ2) is 3.90. The van der Waals surface area contributed by atoms with Crippen LogP contribution in [-0.4, -0.2) is 29.8 Å². The molecule has 20 heavy (non-hydrogen) atoms. The van der Waals surface area contributed by atoms with E-state index >= 15 is 0 Å². The summed E-state index contributed by atoms with van der Waals surface area (Å²) in [5, 5.41) is 0.753. The lowest BCUT2D eigenvalue weighted by Crippen LogP contribution is -2.58. The number of hydrogen-bond donors (Lipinski definition) is 0. The van der Waals surface area contributed by atoms with E-state index in [0.29, 0.717) is 21.9 Å². The molecule has 0 amide bonds. The van der Waals surface area contributed by atoms with Crippen molar-refractivity contribution in [2.45, 2.75) is 22.0 Å². The van der Waals surface area contributed by atoms with Gasteiger partial charge in [-0.3, -0.25) is 0 Å². The van der Waals surface area contributed by atoms with Gasteiger partial charge in [-0.05, 0) is 18.3 Å². The number of alkyl halides is 2. The van der Waals surface area contributed by atoms with E-state index in [1.165, 1.54) is 0 Å². The van der Waals surface area contributed by atoms with Gasteiger partial charge in [0.25, 0.3) is 0 Å².